The zero-order valence-electron chi connectivity index (χ0n) is 8.53. The first kappa shape index (κ1) is 9.40. The highest BCUT2D eigenvalue weighted by molar-refractivity contribution is 5.96. The van der Waals surface area contributed by atoms with Gasteiger partial charge in [0, 0.05) is 19.2 Å². The van der Waals surface area contributed by atoms with Crippen LogP contribution in [-0.4, -0.2) is 28.7 Å². The van der Waals surface area contributed by atoms with Crippen molar-refractivity contribution in [2.45, 2.75) is 6.92 Å². The molecule has 1 unspecified atom stereocenters. The zero-order valence-corrected chi connectivity index (χ0v) is 8.53. The molecule has 0 aromatic carbocycles. The Morgan fingerprint density at radius 2 is 2.43 bits per heavy atom. The second-order valence-electron chi connectivity index (χ2n) is 3.91. The van der Waals surface area contributed by atoms with Gasteiger partial charge in [-0.05, 0) is 25.1 Å². The molecule has 1 fully saturated rings. The minimum atomic E-state index is 0.103. The summed E-state index contributed by atoms with van der Waals surface area (Å²) in [5.74, 6) is 0.806. The summed E-state index contributed by atoms with van der Waals surface area (Å²) in [6.45, 7) is 3.93. The van der Waals surface area contributed by atoms with Crippen molar-refractivity contribution < 1.29 is 4.79 Å². The Labute approximate surface area is 83.3 Å². The molecule has 1 saturated heterocycles. The third-order valence-corrected chi connectivity index (χ3v) is 3.01. The van der Waals surface area contributed by atoms with Gasteiger partial charge in [0.25, 0.3) is 0 Å². The predicted octanol–water partition coefficient (Wildman–Crippen LogP) is 0.458. The van der Waals surface area contributed by atoms with Gasteiger partial charge >= 0.3 is 0 Å². The van der Waals surface area contributed by atoms with Crippen LogP contribution in [0.1, 0.15) is 17.4 Å². The van der Waals surface area contributed by atoms with Gasteiger partial charge in [0.2, 0.25) is 0 Å². The van der Waals surface area contributed by atoms with Crippen LogP contribution in [0.3, 0.4) is 0 Å². The van der Waals surface area contributed by atoms with Gasteiger partial charge in [-0.1, -0.05) is 6.92 Å². The summed E-state index contributed by atoms with van der Waals surface area (Å²) in [6, 6.07) is 1.78. The average molecular weight is 193 g/mol. The molecule has 1 aliphatic heterocycles. The summed E-state index contributed by atoms with van der Waals surface area (Å²) in [4.78, 5) is 12.0. The van der Waals surface area contributed by atoms with Gasteiger partial charge in [0.15, 0.2) is 5.78 Å². The number of carbonyl (C=O) groups is 1. The van der Waals surface area contributed by atoms with Crippen LogP contribution in [0.15, 0.2) is 12.3 Å². The molecule has 1 atom stereocenters. The molecule has 2 heterocycles. The van der Waals surface area contributed by atoms with Crippen molar-refractivity contribution in [2.24, 2.45) is 18.9 Å². The molecule has 0 bridgehead atoms. The first-order valence-corrected chi connectivity index (χ1v) is 4.93. The quantitative estimate of drug-likeness (QED) is 0.709. The fraction of sp³-hybridized carbons (Fsp3) is 0.600. The van der Waals surface area contributed by atoms with E-state index in [1.54, 1.807) is 24.0 Å². The molecule has 1 aliphatic rings. The highest BCUT2D eigenvalue weighted by atomic mass is 16.1. The second kappa shape index (κ2) is 3.53. The fourth-order valence-corrected chi connectivity index (χ4v) is 1.73. The second-order valence-corrected chi connectivity index (χ2v) is 3.91. The lowest BCUT2D eigenvalue weighted by atomic mass is 9.85. The van der Waals surface area contributed by atoms with Gasteiger partial charge in [0.05, 0.1) is 0 Å². The monoisotopic (exact) mass is 193 g/mol. The highest BCUT2D eigenvalue weighted by Crippen LogP contribution is 2.20. The standard InChI is InChI=1S/C10H15N3O/c1-7(8-5-11-6-8)10(14)9-3-4-12-13(9)2/h3-4,7-8,11H,5-6H2,1-2H3. The number of hydrogen-bond acceptors (Lipinski definition) is 3. The number of ketones is 1. The summed E-state index contributed by atoms with van der Waals surface area (Å²) in [5, 5.41) is 7.19. The van der Waals surface area contributed by atoms with Gasteiger partial charge in [-0.25, -0.2) is 0 Å². The lowest BCUT2D eigenvalue weighted by Gasteiger charge is -2.31. The van der Waals surface area contributed by atoms with E-state index in [1.807, 2.05) is 6.92 Å². The van der Waals surface area contributed by atoms with E-state index in [4.69, 9.17) is 0 Å². The zero-order chi connectivity index (χ0) is 10.1. The van der Waals surface area contributed by atoms with Gasteiger partial charge < -0.3 is 5.32 Å². The molecule has 1 aromatic heterocycles. The third kappa shape index (κ3) is 1.46. The number of rotatable bonds is 3. The maximum atomic E-state index is 12.0. The topological polar surface area (TPSA) is 46.9 Å². The molecule has 2 rings (SSSR count). The minimum Gasteiger partial charge on any atom is -0.316 e. The van der Waals surface area contributed by atoms with Crippen LogP contribution < -0.4 is 5.32 Å². The van der Waals surface area contributed by atoms with Crippen LogP contribution in [0.5, 0.6) is 0 Å². The number of aryl methyl sites for hydroxylation is 1. The van der Waals surface area contributed by atoms with E-state index in [1.165, 1.54) is 0 Å². The molecule has 0 radical (unpaired) electrons. The van der Waals surface area contributed by atoms with Crippen LogP contribution in [-0.2, 0) is 7.05 Å². The van der Waals surface area contributed by atoms with E-state index in [9.17, 15) is 4.79 Å². The number of Topliss-reactive ketones (excluding diaryl/α,β-unsaturated/α-hetero) is 1. The lowest BCUT2D eigenvalue weighted by Crippen LogP contribution is -2.47. The van der Waals surface area contributed by atoms with Crippen LogP contribution in [0, 0.1) is 11.8 Å². The number of aromatic nitrogens is 2. The number of hydrogen-bond donors (Lipinski definition) is 1. The van der Waals surface area contributed by atoms with E-state index < -0.39 is 0 Å². The van der Waals surface area contributed by atoms with Gasteiger partial charge in [-0.3, -0.25) is 9.48 Å². The summed E-state index contributed by atoms with van der Waals surface area (Å²) in [6.07, 6.45) is 1.67. The molecule has 1 aromatic rings. The largest absolute Gasteiger partial charge is 0.316 e. The van der Waals surface area contributed by atoms with Crippen LogP contribution in [0.2, 0.25) is 0 Å². The molecule has 4 heteroatoms. The van der Waals surface area contributed by atoms with Gasteiger partial charge in [-0.15, -0.1) is 0 Å². The minimum absolute atomic E-state index is 0.103. The average Bonchev–Trinajstić information content (AvgIpc) is 2.47. The highest BCUT2D eigenvalue weighted by Gasteiger charge is 2.30. The van der Waals surface area contributed by atoms with Crippen molar-refractivity contribution in [3.05, 3.63) is 18.0 Å². The molecule has 0 amide bonds. The maximum Gasteiger partial charge on any atom is 0.183 e. The summed E-state index contributed by atoms with van der Waals surface area (Å²) < 4.78 is 1.64. The number of nitrogens with zero attached hydrogens (tertiary/aromatic N) is 2. The molecular weight excluding hydrogens is 178 g/mol. The van der Waals surface area contributed by atoms with E-state index in [0.717, 1.165) is 13.1 Å². The van der Waals surface area contributed by atoms with Crippen LogP contribution in [0.4, 0.5) is 0 Å². The molecule has 76 valence electrons. The van der Waals surface area contributed by atoms with E-state index in [-0.39, 0.29) is 11.7 Å². The van der Waals surface area contributed by atoms with Crippen molar-refractivity contribution in [1.29, 1.82) is 0 Å². The molecule has 14 heavy (non-hydrogen) atoms. The molecule has 4 nitrogen and oxygen atoms in total. The van der Waals surface area contributed by atoms with Crippen molar-refractivity contribution in [3.63, 3.8) is 0 Å². The van der Waals surface area contributed by atoms with E-state index >= 15 is 0 Å². The summed E-state index contributed by atoms with van der Waals surface area (Å²) in [5.41, 5.74) is 0.712. The van der Waals surface area contributed by atoms with Crippen molar-refractivity contribution in [1.82, 2.24) is 15.1 Å². The Hall–Kier alpha value is -1.16. The number of carbonyl (C=O) groups excluding carboxylic acids is 1. The van der Waals surface area contributed by atoms with E-state index in [2.05, 4.69) is 10.4 Å². The Morgan fingerprint density at radius 1 is 1.71 bits per heavy atom. The summed E-state index contributed by atoms with van der Waals surface area (Å²) >= 11 is 0. The molecule has 0 saturated carbocycles. The Morgan fingerprint density at radius 3 is 2.86 bits per heavy atom. The van der Waals surface area contributed by atoms with Crippen LogP contribution >= 0.6 is 0 Å². The lowest BCUT2D eigenvalue weighted by molar-refractivity contribution is 0.0844. The van der Waals surface area contributed by atoms with Crippen LogP contribution in [0.25, 0.3) is 0 Å². The molecule has 0 aliphatic carbocycles. The molecule has 1 N–H and O–H groups in total. The SMILES string of the molecule is CC(C(=O)c1ccnn1C)C1CNC1. The third-order valence-electron chi connectivity index (χ3n) is 3.01. The van der Waals surface area contributed by atoms with Crippen molar-refractivity contribution >= 4 is 5.78 Å². The first-order chi connectivity index (χ1) is 6.70. The van der Waals surface area contributed by atoms with Crippen molar-refractivity contribution in [3.8, 4) is 0 Å². The number of nitrogens with one attached hydrogen (secondary N) is 1. The Bertz CT molecular complexity index is 341. The Kier molecular flexibility index (Phi) is 2.37. The van der Waals surface area contributed by atoms with Gasteiger partial charge in [0.1, 0.15) is 5.69 Å². The summed E-state index contributed by atoms with van der Waals surface area (Å²) in [7, 11) is 1.80. The maximum absolute atomic E-state index is 12.0. The fourth-order valence-electron chi connectivity index (χ4n) is 1.73. The molecular formula is C10H15N3O. The smallest absolute Gasteiger partial charge is 0.183 e. The van der Waals surface area contributed by atoms with E-state index in [0.29, 0.717) is 11.6 Å². The first-order valence-electron chi connectivity index (χ1n) is 4.93. The predicted molar refractivity (Wildman–Crippen MR) is 53.1 cm³/mol. The van der Waals surface area contributed by atoms with Gasteiger partial charge in [-0.2, -0.15) is 5.10 Å². The Balaban J connectivity index is 2.11. The molecule has 0 spiro atoms. The normalized spacial score (nSPS) is 19.0. The van der Waals surface area contributed by atoms with Crippen molar-refractivity contribution in [2.75, 3.05) is 13.1 Å².